The van der Waals surface area contributed by atoms with Crippen molar-refractivity contribution in [2.75, 3.05) is 13.1 Å². The first kappa shape index (κ1) is 11.5. The van der Waals surface area contributed by atoms with E-state index in [0.29, 0.717) is 11.8 Å². The summed E-state index contributed by atoms with van der Waals surface area (Å²) in [6.45, 7) is 1.70. The average molecular weight is 236 g/mol. The largest absolute Gasteiger partial charge is 0.341 e. The van der Waals surface area contributed by atoms with Gasteiger partial charge in [-0.25, -0.2) is 0 Å². The van der Waals surface area contributed by atoms with E-state index in [1.807, 2.05) is 4.90 Å². The number of hydrogen-bond acceptors (Lipinski definition) is 2. The molecule has 0 aromatic carbocycles. The molecular weight excluding hydrogens is 212 g/mol. The second kappa shape index (κ2) is 4.60. The zero-order valence-corrected chi connectivity index (χ0v) is 10.6. The predicted octanol–water partition coefficient (Wildman–Crippen LogP) is 1.76. The number of nitrogens with zero attached hydrogens (tertiary/aromatic N) is 1. The fourth-order valence-electron chi connectivity index (χ4n) is 3.80. The molecule has 2 aliphatic carbocycles. The molecule has 2 N–H and O–H groups in total. The number of likely N-dealkylation sites (tertiary alicyclic amines) is 1. The van der Waals surface area contributed by atoms with Gasteiger partial charge in [-0.3, -0.25) is 4.79 Å². The van der Waals surface area contributed by atoms with Gasteiger partial charge in [0.25, 0.3) is 0 Å². The van der Waals surface area contributed by atoms with E-state index < -0.39 is 0 Å². The highest BCUT2D eigenvalue weighted by Gasteiger charge is 2.49. The van der Waals surface area contributed by atoms with E-state index in [-0.39, 0.29) is 6.04 Å². The van der Waals surface area contributed by atoms with Crippen molar-refractivity contribution in [1.29, 1.82) is 0 Å². The van der Waals surface area contributed by atoms with Crippen LogP contribution in [0, 0.1) is 17.8 Å². The van der Waals surface area contributed by atoms with Gasteiger partial charge in [-0.1, -0.05) is 32.1 Å². The van der Waals surface area contributed by atoms with Gasteiger partial charge in [0.15, 0.2) is 0 Å². The molecule has 1 aliphatic heterocycles. The van der Waals surface area contributed by atoms with Gasteiger partial charge in [-0.2, -0.15) is 0 Å². The van der Waals surface area contributed by atoms with E-state index in [4.69, 9.17) is 5.73 Å². The van der Waals surface area contributed by atoms with Gasteiger partial charge in [-0.15, -0.1) is 0 Å². The maximum atomic E-state index is 12.3. The Hall–Kier alpha value is -0.570. The number of hydrogen-bond donors (Lipinski definition) is 1. The second-order valence-corrected chi connectivity index (χ2v) is 6.24. The number of carbonyl (C=O) groups excluding carboxylic acids is 1. The van der Waals surface area contributed by atoms with Gasteiger partial charge in [0.2, 0.25) is 5.91 Å². The lowest BCUT2D eigenvalue weighted by Gasteiger charge is -2.22. The monoisotopic (exact) mass is 236 g/mol. The van der Waals surface area contributed by atoms with Crippen LogP contribution in [-0.4, -0.2) is 29.9 Å². The van der Waals surface area contributed by atoms with Crippen LogP contribution in [0.25, 0.3) is 0 Å². The van der Waals surface area contributed by atoms with Crippen LogP contribution in [0.15, 0.2) is 0 Å². The summed E-state index contributed by atoms with van der Waals surface area (Å²) in [6, 6.07) is 0.228. The van der Waals surface area contributed by atoms with Crippen LogP contribution >= 0.6 is 0 Å². The summed E-state index contributed by atoms with van der Waals surface area (Å²) in [5.41, 5.74) is 5.87. The Labute approximate surface area is 104 Å². The van der Waals surface area contributed by atoms with Gasteiger partial charge >= 0.3 is 0 Å². The summed E-state index contributed by atoms with van der Waals surface area (Å²) in [7, 11) is 0. The van der Waals surface area contributed by atoms with Crippen molar-refractivity contribution in [3.05, 3.63) is 0 Å². The molecule has 0 aromatic heterocycles. The molecule has 3 heteroatoms. The predicted molar refractivity (Wildman–Crippen MR) is 67.3 cm³/mol. The summed E-state index contributed by atoms with van der Waals surface area (Å²) in [5, 5.41) is 0. The van der Waals surface area contributed by atoms with Gasteiger partial charge in [0, 0.05) is 25.0 Å². The third-order valence-corrected chi connectivity index (χ3v) is 4.95. The van der Waals surface area contributed by atoms with Gasteiger partial charge in [-0.05, 0) is 24.7 Å². The lowest BCUT2D eigenvalue weighted by atomic mass is 9.85. The van der Waals surface area contributed by atoms with Crippen molar-refractivity contribution in [2.45, 2.75) is 51.0 Å². The normalized spacial score (nSPS) is 38.4. The molecule has 3 nitrogen and oxygen atoms in total. The van der Waals surface area contributed by atoms with Gasteiger partial charge in [0.1, 0.15) is 0 Å². The maximum absolute atomic E-state index is 12.3. The fourth-order valence-corrected chi connectivity index (χ4v) is 3.80. The Morgan fingerprint density at radius 1 is 1.12 bits per heavy atom. The van der Waals surface area contributed by atoms with Crippen molar-refractivity contribution in [3.8, 4) is 0 Å². The Bertz CT molecular complexity index is 299. The maximum Gasteiger partial charge on any atom is 0.226 e. The second-order valence-electron chi connectivity index (χ2n) is 6.24. The first-order valence-corrected chi connectivity index (χ1v) is 7.30. The third kappa shape index (κ3) is 2.35. The zero-order chi connectivity index (χ0) is 11.8. The lowest BCUT2D eigenvalue weighted by molar-refractivity contribution is -0.132. The molecule has 0 bridgehead atoms. The van der Waals surface area contributed by atoms with E-state index in [1.54, 1.807) is 0 Å². The Kier molecular flexibility index (Phi) is 3.12. The summed E-state index contributed by atoms with van der Waals surface area (Å²) in [6.07, 6.45) is 9.07. The number of carbonyl (C=O) groups is 1. The molecule has 1 amide bonds. The molecule has 2 saturated carbocycles. The van der Waals surface area contributed by atoms with Crippen LogP contribution in [0.2, 0.25) is 0 Å². The van der Waals surface area contributed by atoms with Crippen LogP contribution in [0.3, 0.4) is 0 Å². The highest BCUT2D eigenvalue weighted by Crippen LogP contribution is 2.50. The van der Waals surface area contributed by atoms with E-state index in [1.165, 1.54) is 32.1 Å². The molecule has 3 fully saturated rings. The molecule has 96 valence electrons. The topological polar surface area (TPSA) is 46.3 Å². The van der Waals surface area contributed by atoms with Crippen molar-refractivity contribution >= 4 is 5.91 Å². The van der Waals surface area contributed by atoms with Crippen LogP contribution in [0.5, 0.6) is 0 Å². The van der Waals surface area contributed by atoms with Crippen LogP contribution in [0.4, 0.5) is 0 Å². The Morgan fingerprint density at radius 2 is 1.88 bits per heavy atom. The van der Waals surface area contributed by atoms with Crippen molar-refractivity contribution < 1.29 is 4.79 Å². The van der Waals surface area contributed by atoms with E-state index in [2.05, 4.69) is 0 Å². The van der Waals surface area contributed by atoms with Crippen molar-refractivity contribution in [3.63, 3.8) is 0 Å². The number of amides is 1. The van der Waals surface area contributed by atoms with Crippen LogP contribution in [0.1, 0.15) is 44.9 Å². The Morgan fingerprint density at radius 3 is 2.53 bits per heavy atom. The van der Waals surface area contributed by atoms with Gasteiger partial charge in [0.05, 0.1) is 0 Å². The van der Waals surface area contributed by atoms with E-state index in [9.17, 15) is 4.79 Å². The fraction of sp³-hybridized carbons (Fsp3) is 0.929. The summed E-state index contributed by atoms with van der Waals surface area (Å²) in [5.74, 6) is 2.35. The zero-order valence-electron chi connectivity index (χ0n) is 10.6. The smallest absolute Gasteiger partial charge is 0.226 e. The SMILES string of the molecule is NC1CCN(C(=O)C2CC2C2CCCCC2)C1. The Balaban J connectivity index is 1.51. The molecule has 1 saturated heterocycles. The minimum atomic E-state index is 0.228. The molecular formula is C14H24N2O. The molecule has 3 rings (SSSR count). The van der Waals surface area contributed by atoms with Crippen molar-refractivity contribution in [1.82, 2.24) is 4.90 Å². The average Bonchev–Trinajstić information content (AvgIpc) is 3.05. The number of rotatable bonds is 2. The minimum Gasteiger partial charge on any atom is -0.341 e. The van der Waals surface area contributed by atoms with Crippen molar-refractivity contribution in [2.24, 2.45) is 23.5 Å². The molecule has 3 atom stereocenters. The minimum absolute atomic E-state index is 0.228. The standard InChI is InChI=1S/C14H24N2O/c15-11-6-7-16(9-11)14(17)13-8-12(13)10-4-2-1-3-5-10/h10-13H,1-9,15H2. The molecule has 3 aliphatic rings. The summed E-state index contributed by atoms with van der Waals surface area (Å²) >= 11 is 0. The van der Waals surface area contributed by atoms with Gasteiger partial charge < -0.3 is 10.6 Å². The highest BCUT2D eigenvalue weighted by molar-refractivity contribution is 5.82. The van der Waals surface area contributed by atoms with Crippen LogP contribution in [-0.2, 0) is 4.79 Å². The molecule has 0 aromatic rings. The molecule has 0 spiro atoms. The lowest BCUT2D eigenvalue weighted by Crippen LogP contribution is -2.33. The summed E-state index contributed by atoms with van der Waals surface area (Å²) in [4.78, 5) is 14.3. The molecule has 1 heterocycles. The molecule has 0 radical (unpaired) electrons. The first-order valence-electron chi connectivity index (χ1n) is 7.30. The van der Waals surface area contributed by atoms with Crippen LogP contribution < -0.4 is 5.73 Å². The highest BCUT2D eigenvalue weighted by atomic mass is 16.2. The van der Waals surface area contributed by atoms with E-state index in [0.717, 1.165) is 37.8 Å². The van der Waals surface area contributed by atoms with E-state index >= 15 is 0 Å². The summed E-state index contributed by atoms with van der Waals surface area (Å²) < 4.78 is 0. The first-order chi connectivity index (χ1) is 8.25. The quantitative estimate of drug-likeness (QED) is 0.794. The third-order valence-electron chi connectivity index (χ3n) is 4.95. The number of nitrogens with two attached hydrogens (primary N) is 1. The molecule has 3 unspecified atom stereocenters. The molecule has 17 heavy (non-hydrogen) atoms.